The number of carbonyl (C=O) groups is 1. The lowest BCUT2D eigenvalue weighted by atomic mass is 9.58. The Balaban J connectivity index is 1.73. The van der Waals surface area contributed by atoms with E-state index in [9.17, 15) is 9.90 Å². The van der Waals surface area contributed by atoms with Crippen molar-refractivity contribution < 1.29 is 14.6 Å². The second-order valence-electron chi connectivity index (χ2n) is 8.60. The monoisotopic (exact) mass is 356 g/mol. The van der Waals surface area contributed by atoms with Crippen LogP contribution >= 0.6 is 0 Å². The minimum Gasteiger partial charge on any atom is -0.465 e. The summed E-state index contributed by atoms with van der Waals surface area (Å²) in [5, 5.41) is 11.8. The van der Waals surface area contributed by atoms with Crippen LogP contribution in [0.25, 0.3) is 0 Å². The first-order valence-electron chi connectivity index (χ1n) is 9.99. The smallest absolute Gasteiger partial charge is 0.359 e. The number of methoxy groups -OCH3 is 1. The van der Waals surface area contributed by atoms with Crippen LogP contribution in [0.3, 0.4) is 0 Å². The first kappa shape index (κ1) is 16.6. The quantitative estimate of drug-likeness (QED) is 0.825. The minimum absolute atomic E-state index is 0.0247. The maximum Gasteiger partial charge on any atom is 0.359 e. The Labute approximate surface area is 154 Å². The van der Waals surface area contributed by atoms with Gasteiger partial charge in [-0.1, -0.05) is 25.1 Å². The normalized spacial score (nSPS) is 40.7. The first-order chi connectivity index (χ1) is 12.6. The van der Waals surface area contributed by atoms with Crippen LogP contribution < -0.4 is 4.90 Å². The summed E-state index contributed by atoms with van der Waals surface area (Å²) in [5.41, 5.74) is 0.713. The Morgan fingerprint density at radius 2 is 2.15 bits per heavy atom. The molecule has 0 aliphatic carbocycles. The van der Waals surface area contributed by atoms with Gasteiger partial charge in [-0.25, -0.2) is 4.79 Å². The third-order valence-corrected chi connectivity index (χ3v) is 7.71. The minimum atomic E-state index is -1.57. The zero-order valence-corrected chi connectivity index (χ0v) is 15.6. The molecule has 0 bridgehead atoms. The number of hydrogen-bond acceptors (Lipinski definition) is 5. The molecule has 3 saturated heterocycles. The molecular formula is C21H28N2O3. The molecule has 3 fully saturated rings. The number of carbonyl (C=O) groups excluding carboxylic acids is 1. The average Bonchev–Trinajstić information content (AvgIpc) is 3.02. The van der Waals surface area contributed by atoms with Crippen LogP contribution in [0.1, 0.15) is 50.5 Å². The second-order valence-corrected chi connectivity index (χ2v) is 8.60. The van der Waals surface area contributed by atoms with E-state index in [0.29, 0.717) is 18.4 Å². The molecule has 1 N–H and O–H groups in total. The SMILES string of the molecule is CCC12CCCN3CCC4c5ccccc5N(C4C31)C(O)(C(=O)OC)C2. The molecule has 26 heavy (non-hydrogen) atoms. The highest BCUT2D eigenvalue weighted by Crippen LogP contribution is 2.61. The fourth-order valence-corrected chi connectivity index (χ4v) is 6.73. The van der Waals surface area contributed by atoms with Crippen LogP contribution in [0.4, 0.5) is 5.69 Å². The molecule has 5 atom stereocenters. The van der Waals surface area contributed by atoms with Crippen molar-refractivity contribution in [1.29, 1.82) is 0 Å². The van der Waals surface area contributed by atoms with Crippen LogP contribution in [0.5, 0.6) is 0 Å². The van der Waals surface area contributed by atoms with Crippen molar-refractivity contribution in [3.63, 3.8) is 0 Å². The summed E-state index contributed by atoms with van der Waals surface area (Å²) >= 11 is 0. The molecule has 4 heterocycles. The summed E-state index contributed by atoms with van der Waals surface area (Å²) in [6, 6.07) is 8.88. The van der Waals surface area contributed by atoms with E-state index in [0.717, 1.165) is 44.5 Å². The summed E-state index contributed by atoms with van der Waals surface area (Å²) in [6.07, 6.45) is 4.76. The number of esters is 1. The molecule has 0 saturated carbocycles. The summed E-state index contributed by atoms with van der Waals surface area (Å²) in [4.78, 5) is 17.5. The molecule has 0 aromatic heterocycles. The Kier molecular flexibility index (Phi) is 3.48. The number of anilines is 1. The van der Waals surface area contributed by atoms with Crippen LogP contribution in [0.2, 0.25) is 0 Å². The third-order valence-electron chi connectivity index (χ3n) is 7.71. The number of benzene rings is 1. The van der Waals surface area contributed by atoms with Crippen LogP contribution in [-0.2, 0) is 9.53 Å². The van der Waals surface area contributed by atoms with Crippen molar-refractivity contribution in [1.82, 2.24) is 4.90 Å². The molecule has 0 radical (unpaired) electrons. The van der Waals surface area contributed by atoms with E-state index >= 15 is 0 Å². The van der Waals surface area contributed by atoms with E-state index in [1.165, 1.54) is 12.7 Å². The van der Waals surface area contributed by atoms with Crippen molar-refractivity contribution in [2.75, 3.05) is 25.1 Å². The summed E-state index contributed by atoms with van der Waals surface area (Å²) in [7, 11) is 1.39. The summed E-state index contributed by atoms with van der Waals surface area (Å²) in [6.45, 7) is 4.48. The first-order valence-corrected chi connectivity index (χ1v) is 9.99. The van der Waals surface area contributed by atoms with E-state index in [4.69, 9.17) is 4.74 Å². The number of para-hydroxylation sites is 1. The van der Waals surface area contributed by atoms with Gasteiger partial charge in [0, 0.05) is 24.1 Å². The molecule has 4 aliphatic rings. The average molecular weight is 356 g/mol. The molecule has 140 valence electrons. The largest absolute Gasteiger partial charge is 0.465 e. The lowest BCUT2D eigenvalue weighted by Crippen LogP contribution is -2.76. The molecule has 0 amide bonds. The van der Waals surface area contributed by atoms with Crippen LogP contribution in [-0.4, -0.2) is 54.0 Å². The maximum atomic E-state index is 12.9. The Morgan fingerprint density at radius 1 is 1.35 bits per heavy atom. The van der Waals surface area contributed by atoms with E-state index in [-0.39, 0.29) is 11.5 Å². The van der Waals surface area contributed by atoms with Crippen molar-refractivity contribution in [3.8, 4) is 0 Å². The van der Waals surface area contributed by atoms with E-state index in [2.05, 4.69) is 30.0 Å². The molecule has 5 unspecified atom stereocenters. The molecule has 0 spiro atoms. The standard InChI is InChI=1S/C21H28N2O3/c1-3-20-10-6-11-22-12-9-15-14-7-4-5-8-16(14)23(17(15)18(20)22)21(25,13-20)19(24)26-2/h4-5,7-8,15,17-18,25H,3,6,9-13H2,1-2H3. The Bertz CT molecular complexity index is 753. The number of piperidine rings is 3. The van der Waals surface area contributed by atoms with Gasteiger partial charge in [-0.15, -0.1) is 0 Å². The van der Waals surface area contributed by atoms with Gasteiger partial charge in [0.2, 0.25) is 5.72 Å². The van der Waals surface area contributed by atoms with Gasteiger partial charge in [-0.2, -0.15) is 0 Å². The van der Waals surface area contributed by atoms with Gasteiger partial charge in [0.05, 0.1) is 13.2 Å². The molecule has 4 aliphatic heterocycles. The fourth-order valence-electron chi connectivity index (χ4n) is 6.73. The molecule has 1 aromatic carbocycles. The number of hydrogen-bond donors (Lipinski definition) is 1. The highest BCUT2D eigenvalue weighted by Gasteiger charge is 2.67. The van der Waals surface area contributed by atoms with Crippen molar-refractivity contribution in [2.24, 2.45) is 5.41 Å². The lowest BCUT2D eigenvalue weighted by molar-refractivity contribution is -0.182. The predicted molar refractivity (Wildman–Crippen MR) is 99.0 cm³/mol. The molecule has 5 rings (SSSR count). The van der Waals surface area contributed by atoms with Gasteiger partial charge >= 0.3 is 5.97 Å². The molecule has 1 aromatic rings. The van der Waals surface area contributed by atoms with E-state index < -0.39 is 11.7 Å². The van der Waals surface area contributed by atoms with Gasteiger partial charge < -0.3 is 14.7 Å². The van der Waals surface area contributed by atoms with E-state index in [1.807, 2.05) is 11.0 Å². The molecule has 5 nitrogen and oxygen atoms in total. The highest BCUT2D eigenvalue weighted by molar-refractivity contribution is 5.86. The van der Waals surface area contributed by atoms with Gasteiger partial charge in [-0.3, -0.25) is 4.90 Å². The number of rotatable bonds is 2. The zero-order chi connectivity index (χ0) is 18.1. The van der Waals surface area contributed by atoms with Crippen molar-refractivity contribution >= 4 is 11.7 Å². The van der Waals surface area contributed by atoms with Gasteiger partial charge in [0.25, 0.3) is 0 Å². The topological polar surface area (TPSA) is 53.0 Å². The predicted octanol–water partition coefficient (Wildman–Crippen LogP) is 2.49. The zero-order valence-electron chi connectivity index (χ0n) is 15.6. The number of aliphatic hydroxyl groups is 1. The van der Waals surface area contributed by atoms with Crippen LogP contribution in [0, 0.1) is 5.41 Å². The van der Waals surface area contributed by atoms with Crippen LogP contribution in [0.15, 0.2) is 24.3 Å². The Morgan fingerprint density at radius 3 is 2.92 bits per heavy atom. The summed E-state index contributed by atoms with van der Waals surface area (Å²) < 4.78 is 5.12. The summed E-state index contributed by atoms with van der Waals surface area (Å²) in [5.74, 6) is -0.130. The van der Waals surface area contributed by atoms with Crippen molar-refractivity contribution in [3.05, 3.63) is 29.8 Å². The lowest BCUT2D eigenvalue weighted by Gasteiger charge is -2.64. The maximum absolute atomic E-state index is 12.9. The van der Waals surface area contributed by atoms with Crippen molar-refractivity contribution in [2.45, 2.75) is 62.8 Å². The number of ether oxygens (including phenoxy) is 1. The number of nitrogens with zero attached hydrogens (tertiary/aromatic N) is 2. The van der Waals surface area contributed by atoms with Gasteiger partial charge in [-0.05, 0) is 55.8 Å². The second kappa shape index (κ2) is 5.46. The molecule has 5 heteroatoms. The Hall–Kier alpha value is -1.59. The van der Waals surface area contributed by atoms with E-state index in [1.54, 1.807) is 0 Å². The van der Waals surface area contributed by atoms with Gasteiger partial charge in [0.15, 0.2) is 0 Å². The number of fused-ring (bicyclic) bond motifs is 3. The van der Waals surface area contributed by atoms with Gasteiger partial charge in [0.1, 0.15) is 0 Å². The highest BCUT2D eigenvalue weighted by atomic mass is 16.5. The molecular weight excluding hydrogens is 328 g/mol. The fraction of sp³-hybridized carbons (Fsp3) is 0.667. The third kappa shape index (κ3) is 1.86.